The Morgan fingerprint density at radius 3 is 2.46 bits per heavy atom. The highest BCUT2D eigenvalue weighted by Crippen LogP contribution is 2.16. The lowest BCUT2D eigenvalue weighted by atomic mass is 10.5. The normalized spacial score (nSPS) is 9.15. The quantitative estimate of drug-likeness (QED) is 0.677. The van der Waals surface area contributed by atoms with Gasteiger partial charge >= 0.3 is 0 Å². The van der Waals surface area contributed by atoms with E-state index in [1.807, 2.05) is 13.8 Å². The molecule has 0 aliphatic heterocycles. The molecule has 0 saturated heterocycles. The van der Waals surface area contributed by atoms with Gasteiger partial charge in [-0.2, -0.15) is 0 Å². The number of aryl methyl sites for hydroxylation is 1. The van der Waals surface area contributed by atoms with E-state index in [9.17, 15) is 0 Å². The van der Waals surface area contributed by atoms with Crippen LogP contribution in [0.15, 0.2) is 27.2 Å². The van der Waals surface area contributed by atoms with Gasteiger partial charge < -0.3 is 8.83 Å². The van der Waals surface area contributed by atoms with Gasteiger partial charge in [-0.3, -0.25) is 0 Å². The maximum absolute atomic E-state index is 5.11. The molecule has 70 valence electrons. The molecule has 2 heterocycles. The van der Waals surface area contributed by atoms with E-state index < -0.39 is 0 Å². The molecule has 4 nitrogen and oxygen atoms in total. The lowest BCUT2D eigenvalue weighted by Gasteiger charge is -1.82. The van der Waals surface area contributed by atoms with E-state index in [1.165, 1.54) is 0 Å². The average molecular weight is 180 g/mol. The Balaban J connectivity index is 0.000000396. The van der Waals surface area contributed by atoms with Crippen LogP contribution in [0.1, 0.15) is 19.7 Å². The van der Waals surface area contributed by atoms with Crippen molar-refractivity contribution in [1.82, 2.24) is 10.2 Å². The number of hydrogen-bond donors (Lipinski definition) is 0. The minimum Gasteiger partial charge on any atom is -0.459 e. The highest BCUT2D eigenvalue weighted by molar-refractivity contribution is 5.42. The number of furan rings is 1. The molecule has 2 aromatic heterocycles. The second-order valence-corrected chi connectivity index (χ2v) is 2.10. The van der Waals surface area contributed by atoms with Crippen LogP contribution in [0.4, 0.5) is 0 Å². The zero-order chi connectivity index (χ0) is 9.68. The predicted molar refractivity (Wildman–Crippen MR) is 48.1 cm³/mol. The van der Waals surface area contributed by atoms with Gasteiger partial charge in [0.1, 0.15) is 0 Å². The summed E-state index contributed by atoms with van der Waals surface area (Å²) >= 11 is 0. The molecule has 0 atom stereocenters. The maximum atomic E-state index is 5.11. The van der Waals surface area contributed by atoms with Gasteiger partial charge in [-0.25, -0.2) is 0 Å². The van der Waals surface area contributed by atoms with Crippen LogP contribution in [-0.4, -0.2) is 10.2 Å². The van der Waals surface area contributed by atoms with Gasteiger partial charge in [0.15, 0.2) is 5.76 Å². The Hall–Kier alpha value is -1.58. The smallest absolute Gasteiger partial charge is 0.283 e. The molecule has 2 aromatic rings. The molecule has 0 fully saturated rings. The highest BCUT2D eigenvalue weighted by Gasteiger charge is 2.06. The summed E-state index contributed by atoms with van der Waals surface area (Å²) in [6.45, 7) is 5.74. The standard InChI is InChI=1S/C7H6N2O2.C2H6/c1-5-8-9-7(11-5)6-3-2-4-10-6;1-2/h2-4H,1H3;1-2H3. The van der Waals surface area contributed by atoms with Crippen molar-refractivity contribution in [3.63, 3.8) is 0 Å². The zero-order valence-corrected chi connectivity index (χ0v) is 7.94. The molecule has 2 rings (SSSR count). The van der Waals surface area contributed by atoms with E-state index in [4.69, 9.17) is 8.83 Å². The topological polar surface area (TPSA) is 52.1 Å². The summed E-state index contributed by atoms with van der Waals surface area (Å²) in [4.78, 5) is 0. The fraction of sp³-hybridized carbons (Fsp3) is 0.333. The van der Waals surface area contributed by atoms with Gasteiger partial charge in [0.25, 0.3) is 5.89 Å². The van der Waals surface area contributed by atoms with Crippen molar-refractivity contribution >= 4 is 0 Å². The Morgan fingerprint density at radius 1 is 1.23 bits per heavy atom. The first-order valence-electron chi connectivity index (χ1n) is 4.20. The largest absolute Gasteiger partial charge is 0.459 e. The fourth-order valence-corrected chi connectivity index (χ4v) is 0.796. The maximum Gasteiger partial charge on any atom is 0.283 e. The molecule has 0 aliphatic rings. The van der Waals surface area contributed by atoms with Crippen LogP contribution in [-0.2, 0) is 0 Å². The minimum atomic E-state index is 0.424. The molecule has 0 aromatic carbocycles. The molecule has 0 aliphatic carbocycles. The summed E-state index contributed by atoms with van der Waals surface area (Å²) in [6.07, 6.45) is 1.56. The van der Waals surface area contributed by atoms with Crippen LogP contribution in [0.5, 0.6) is 0 Å². The molecular weight excluding hydrogens is 168 g/mol. The van der Waals surface area contributed by atoms with E-state index in [0.29, 0.717) is 17.5 Å². The Bertz CT molecular complexity index is 338. The minimum absolute atomic E-state index is 0.424. The number of aromatic nitrogens is 2. The molecule has 0 amide bonds. The zero-order valence-electron chi connectivity index (χ0n) is 7.94. The van der Waals surface area contributed by atoms with E-state index in [1.54, 1.807) is 25.3 Å². The molecule has 0 saturated carbocycles. The van der Waals surface area contributed by atoms with Gasteiger partial charge in [0, 0.05) is 6.92 Å². The third-order valence-electron chi connectivity index (χ3n) is 1.26. The fourth-order valence-electron chi connectivity index (χ4n) is 0.796. The van der Waals surface area contributed by atoms with Gasteiger partial charge in [-0.1, -0.05) is 13.8 Å². The first-order valence-corrected chi connectivity index (χ1v) is 4.20. The summed E-state index contributed by atoms with van der Waals surface area (Å²) in [5, 5.41) is 7.44. The summed E-state index contributed by atoms with van der Waals surface area (Å²) < 4.78 is 10.1. The molecular formula is C9H12N2O2. The third-order valence-corrected chi connectivity index (χ3v) is 1.26. The summed E-state index contributed by atoms with van der Waals surface area (Å²) in [6, 6.07) is 3.54. The van der Waals surface area contributed by atoms with Crippen LogP contribution in [0.3, 0.4) is 0 Å². The predicted octanol–water partition coefficient (Wildman–Crippen LogP) is 2.66. The number of rotatable bonds is 1. The van der Waals surface area contributed by atoms with E-state index >= 15 is 0 Å². The van der Waals surface area contributed by atoms with Gasteiger partial charge in [-0.15, -0.1) is 10.2 Å². The van der Waals surface area contributed by atoms with Crippen molar-refractivity contribution in [2.45, 2.75) is 20.8 Å². The van der Waals surface area contributed by atoms with Crippen molar-refractivity contribution in [3.8, 4) is 11.7 Å². The second-order valence-electron chi connectivity index (χ2n) is 2.10. The van der Waals surface area contributed by atoms with E-state index in [-0.39, 0.29) is 0 Å². The van der Waals surface area contributed by atoms with E-state index in [2.05, 4.69) is 10.2 Å². The molecule has 0 N–H and O–H groups in total. The second kappa shape index (κ2) is 4.45. The third kappa shape index (κ3) is 2.18. The number of nitrogens with zero attached hydrogens (tertiary/aromatic N) is 2. The van der Waals surface area contributed by atoms with Crippen molar-refractivity contribution in [2.24, 2.45) is 0 Å². The molecule has 4 heteroatoms. The summed E-state index contributed by atoms with van der Waals surface area (Å²) in [5.74, 6) is 1.56. The lowest BCUT2D eigenvalue weighted by molar-refractivity contribution is 0.497. The van der Waals surface area contributed by atoms with Crippen LogP contribution >= 0.6 is 0 Å². The first-order chi connectivity index (χ1) is 6.36. The molecule has 0 radical (unpaired) electrons. The van der Waals surface area contributed by atoms with Crippen LogP contribution < -0.4 is 0 Å². The average Bonchev–Trinajstić information content (AvgIpc) is 2.77. The Labute approximate surface area is 76.6 Å². The monoisotopic (exact) mass is 180 g/mol. The van der Waals surface area contributed by atoms with Crippen molar-refractivity contribution in [3.05, 3.63) is 24.3 Å². The molecule has 0 spiro atoms. The van der Waals surface area contributed by atoms with Crippen LogP contribution in [0, 0.1) is 6.92 Å². The van der Waals surface area contributed by atoms with Crippen molar-refractivity contribution < 1.29 is 8.83 Å². The molecule has 0 bridgehead atoms. The van der Waals surface area contributed by atoms with E-state index in [0.717, 1.165) is 0 Å². The summed E-state index contributed by atoms with van der Waals surface area (Å²) in [7, 11) is 0. The highest BCUT2D eigenvalue weighted by atomic mass is 16.4. The van der Waals surface area contributed by atoms with Crippen molar-refractivity contribution in [1.29, 1.82) is 0 Å². The Kier molecular flexibility index (Phi) is 3.25. The molecule has 13 heavy (non-hydrogen) atoms. The Morgan fingerprint density at radius 2 is 2.00 bits per heavy atom. The van der Waals surface area contributed by atoms with Gasteiger partial charge in [0.2, 0.25) is 5.89 Å². The van der Waals surface area contributed by atoms with Crippen LogP contribution in [0.2, 0.25) is 0 Å². The lowest BCUT2D eigenvalue weighted by Crippen LogP contribution is -1.71. The van der Waals surface area contributed by atoms with Crippen molar-refractivity contribution in [2.75, 3.05) is 0 Å². The molecule has 0 unspecified atom stereocenters. The first kappa shape index (κ1) is 9.51. The SMILES string of the molecule is CC.Cc1nnc(-c2ccco2)o1. The summed E-state index contributed by atoms with van der Waals surface area (Å²) in [5.41, 5.74) is 0. The number of hydrogen-bond acceptors (Lipinski definition) is 4. The van der Waals surface area contributed by atoms with Crippen LogP contribution in [0.25, 0.3) is 11.7 Å². The van der Waals surface area contributed by atoms with Gasteiger partial charge in [-0.05, 0) is 12.1 Å². The van der Waals surface area contributed by atoms with Gasteiger partial charge in [0.05, 0.1) is 6.26 Å².